The van der Waals surface area contributed by atoms with Crippen molar-refractivity contribution in [2.75, 3.05) is 25.0 Å². The number of nitrogens with one attached hydrogen (secondary N) is 1. The standard InChI is InChI=1S/C34H40N2O5/c1-34(2,3)41-32(37)16-17-39-28-13-9-10-24(18-28)21-36-22-26-19-29(20-27(26)23-36)40-33(38)35-31-15-8-7-14-30(31)25-11-5-4-6-12-25/h4-15,18,26-27,29H,16-17,19-23H2,1-3H3,(H,35,38)/t26-,27+,29+. The monoisotopic (exact) mass is 556 g/mol. The van der Waals surface area contributed by atoms with Gasteiger partial charge in [0.15, 0.2) is 0 Å². The molecule has 41 heavy (non-hydrogen) atoms. The van der Waals surface area contributed by atoms with Gasteiger partial charge < -0.3 is 14.2 Å². The fourth-order valence-electron chi connectivity index (χ4n) is 5.96. The summed E-state index contributed by atoms with van der Waals surface area (Å²) in [5, 5.41) is 2.97. The third-order valence-corrected chi connectivity index (χ3v) is 7.61. The number of rotatable bonds is 9. The number of para-hydroxylation sites is 1. The minimum absolute atomic E-state index is 0.0576. The van der Waals surface area contributed by atoms with Crippen LogP contribution in [0.3, 0.4) is 0 Å². The molecule has 1 aliphatic heterocycles. The molecule has 2 fully saturated rings. The normalized spacial score (nSPS) is 20.3. The maximum Gasteiger partial charge on any atom is 0.411 e. The second-order valence-corrected chi connectivity index (χ2v) is 12.1. The summed E-state index contributed by atoms with van der Waals surface area (Å²) in [7, 11) is 0. The lowest BCUT2D eigenvalue weighted by Gasteiger charge is -2.20. The third-order valence-electron chi connectivity index (χ3n) is 7.61. The lowest BCUT2D eigenvalue weighted by atomic mass is 10.0. The van der Waals surface area contributed by atoms with E-state index in [-0.39, 0.29) is 18.5 Å². The van der Waals surface area contributed by atoms with Crippen molar-refractivity contribution in [1.82, 2.24) is 4.90 Å². The molecule has 3 aromatic carbocycles. The molecule has 3 aromatic rings. The molecule has 7 nitrogen and oxygen atoms in total. The molecule has 1 saturated heterocycles. The van der Waals surface area contributed by atoms with Gasteiger partial charge in [0.2, 0.25) is 0 Å². The summed E-state index contributed by atoms with van der Waals surface area (Å²) in [5.74, 6) is 1.56. The van der Waals surface area contributed by atoms with Crippen LogP contribution in [0.4, 0.5) is 10.5 Å². The largest absolute Gasteiger partial charge is 0.493 e. The summed E-state index contributed by atoms with van der Waals surface area (Å²) in [6, 6.07) is 25.9. The van der Waals surface area contributed by atoms with Gasteiger partial charge in [-0.1, -0.05) is 60.7 Å². The second kappa shape index (κ2) is 12.8. The van der Waals surface area contributed by atoms with Crippen LogP contribution in [0.5, 0.6) is 5.75 Å². The fourth-order valence-corrected chi connectivity index (χ4v) is 5.96. The first-order chi connectivity index (χ1) is 19.7. The molecule has 1 saturated carbocycles. The van der Waals surface area contributed by atoms with E-state index in [1.54, 1.807) is 0 Å². The first-order valence-corrected chi connectivity index (χ1v) is 14.5. The molecule has 2 aliphatic rings. The van der Waals surface area contributed by atoms with Gasteiger partial charge in [-0.05, 0) is 74.8 Å². The van der Waals surface area contributed by atoms with Gasteiger partial charge in [0, 0.05) is 25.2 Å². The van der Waals surface area contributed by atoms with Crippen LogP contribution in [0.25, 0.3) is 11.1 Å². The van der Waals surface area contributed by atoms with E-state index in [9.17, 15) is 9.59 Å². The predicted octanol–water partition coefficient (Wildman–Crippen LogP) is 6.92. The minimum Gasteiger partial charge on any atom is -0.493 e. The van der Waals surface area contributed by atoms with Gasteiger partial charge in [0.1, 0.15) is 17.5 Å². The number of nitrogens with zero attached hydrogens (tertiary/aromatic N) is 1. The number of carbonyl (C=O) groups excluding carboxylic acids is 2. The molecular formula is C34H40N2O5. The van der Waals surface area contributed by atoms with Crippen molar-refractivity contribution in [1.29, 1.82) is 0 Å². The first kappa shape index (κ1) is 28.7. The highest BCUT2D eigenvalue weighted by Crippen LogP contribution is 2.40. The lowest BCUT2D eigenvalue weighted by molar-refractivity contribution is -0.155. The van der Waals surface area contributed by atoms with Crippen LogP contribution in [-0.4, -0.2) is 48.4 Å². The van der Waals surface area contributed by atoms with Gasteiger partial charge >= 0.3 is 12.1 Å². The molecule has 0 unspecified atom stereocenters. The first-order valence-electron chi connectivity index (χ1n) is 14.5. The maximum absolute atomic E-state index is 12.8. The molecule has 0 aromatic heterocycles. The summed E-state index contributed by atoms with van der Waals surface area (Å²) in [6.07, 6.45) is 1.56. The van der Waals surface area contributed by atoms with E-state index >= 15 is 0 Å². The van der Waals surface area contributed by atoms with Gasteiger partial charge in [-0.3, -0.25) is 15.0 Å². The van der Waals surface area contributed by atoms with Gasteiger partial charge in [-0.25, -0.2) is 4.79 Å². The van der Waals surface area contributed by atoms with E-state index in [0.717, 1.165) is 55.0 Å². The van der Waals surface area contributed by atoms with E-state index in [1.807, 2.05) is 93.6 Å². The van der Waals surface area contributed by atoms with Crippen molar-refractivity contribution in [2.24, 2.45) is 11.8 Å². The number of esters is 1. The number of hydrogen-bond acceptors (Lipinski definition) is 6. The quantitative estimate of drug-likeness (QED) is 0.288. The van der Waals surface area contributed by atoms with Gasteiger partial charge in [0.05, 0.1) is 18.7 Å². The number of hydrogen-bond donors (Lipinski definition) is 1. The zero-order chi connectivity index (χ0) is 28.8. The van der Waals surface area contributed by atoms with Gasteiger partial charge in [0.25, 0.3) is 0 Å². The molecule has 0 radical (unpaired) electrons. The summed E-state index contributed by atoms with van der Waals surface area (Å²) in [6.45, 7) is 8.70. The van der Waals surface area contributed by atoms with Crippen molar-refractivity contribution in [3.8, 4) is 16.9 Å². The van der Waals surface area contributed by atoms with E-state index in [1.165, 1.54) is 5.56 Å². The zero-order valence-corrected chi connectivity index (χ0v) is 24.2. The van der Waals surface area contributed by atoms with Crippen molar-refractivity contribution < 1.29 is 23.8 Å². The molecular weight excluding hydrogens is 516 g/mol. The molecule has 0 spiro atoms. The lowest BCUT2D eigenvalue weighted by Crippen LogP contribution is -2.25. The van der Waals surface area contributed by atoms with Gasteiger partial charge in [-0.2, -0.15) is 0 Å². The van der Waals surface area contributed by atoms with E-state index in [0.29, 0.717) is 18.4 Å². The molecule has 1 aliphatic carbocycles. The number of carbonyl (C=O) groups is 2. The Morgan fingerprint density at radius 3 is 2.34 bits per heavy atom. The average molecular weight is 557 g/mol. The van der Waals surface area contributed by atoms with Crippen LogP contribution in [0, 0.1) is 11.8 Å². The Morgan fingerprint density at radius 2 is 1.61 bits per heavy atom. The van der Waals surface area contributed by atoms with E-state index < -0.39 is 11.7 Å². The number of fused-ring (bicyclic) bond motifs is 1. The SMILES string of the molecule is CC(C)(C)OC(=O)CCOc1cccc(CN2C[C@H]3C[C@H](OC(=O)Nc4ccccc4-c4ccccc4)C[C@H]3C2)c1. The molecule has 216 valence electrons. The van der Waals surface area contributed by atoms with Gasteiger partial charge in [-0.15, -0.1) is 0 Å². The summed E-state index contributed by atoms with van der Waals surface area (Å²) >= 11 is 0. The Morgan fingerprint density at radius 1 is 0.902 bits per heavy atom. The Kier molecular flexibility index (Phi) is 8.93. The molecule has 1 heterocycles. The smallest absolute Gasteiger partial charge is 0.411 e. The van der Waals surface area contributed by atoms with Crippen molar-refractivity contribution in [3.05, 3.63) is 84.4 Å². The summed E-state index contributed by atoms with van der Waals surface area (Å²) in [5.41, 5.74) is 3.48. The minimum atomic E-state index is -0.488. The number of benzene rings is 3. The highest BCUT2D eigenvalue weighted by molar-refractivity contribution is 5.91. The summed E-state index contributed by atoms with van der Waals surface area (Å²) in [4.78, 5) is 27.2. The van der Waals surface area contributed by atoms with Crippen molar-refractivity contribution >= 4 is 17.7 Å². The van der Waals surface area contributed by atoms with Crippen LogP contribution >= 0.6 is 0 Å². The van der Waals surface area contributed by atoms with Crippen molar-refractivity contribution in [3.63, 3.8) is 0 Å². The highest BCUT2D eigenvalue weighted by Gasteiger charge is 2.42. The number of anilines is 1. The molecule has 1 amide bonds. The number of amides is 1. The number of ether oxygens (including phenoxy) is 3. The summed E-state index contributed by atoms with van der Waals surface area (Å²) < 4.78 is 17.0. The molecule has 1 N–H and O–H groups in total. The molecule has 5 rings (SSSR count). The van der Waals surface area contributed by atoms with Crippen LogP contribution in [0.15, 0.2) is 78.9 Å². The fraction of sp³-hybridized carbons (Fsp3) is 0.412. The average Bonchev–Trinajstić information content (AvgIpc) is 3.46. The Balaban J connectivity index is 1.06. The number of likely N-dealkylation sites (tertiary alicyclic amines) is 1. The van der Waals surface area contributed by atoms with Crippen LogP contribution in [0.1, 0.15) is 45.6 Å². The Bertz CT molecular complexity index is 1320. The van der Waals surface area contributed by atoms with Crippen molar-refractivity contribution in [2.45, 2.75) is 58.3 Å². The molecule has 3 atom stereocenters. The topological polar surface area (TPSA) is 77.1 Å². The van der Waals surface area contributed by atoms with Crippen LogP contribution in [-0.2, 0) is 20.8 Å². The third kappa shape index (κ3) is 8.10. The predicted molar refractivity (Wildman–Crippen MR) is 160 cm³/mol. The van der Waals surface area contributed by atoms with E-state index in [4.69, 9.17) is 14.2 Å². The Hall–Kier alpha value is -3.84. The molecule has 0 bridgehead atoms. The van der Waals surface area contributed by atoms with E-state index in [2.05, 4.69) is 16.3 Å². The van der Waals surface area contributed by atoms with Crippen LogP contribution in [0.2, 0.25) is 0 Å². The van der Waals surface area contributed by atoms with Crippen LogP contribution < -0.4 is 10.1 Å². The molecule has 7 heteroatoms. The zero-order valence-electron chi connectivity index (χ0n) is 24.2. The maximum atomic E-state index is 12.8. The second-order valence-electron chi connectivity index (χ2n) is 12.1. The highest BCUT2D eigenvalue weighted by atomic mass is 16.6. The Labute approximate surface area is 242 Å².